The Kier molecular flexibility index (Phi) is 5.48. The zero-order chi connectivity index (χ0) is 20.6. The van der Waals surface area contributed by atoms with Gasteiger partial charge in [-0.25, -0.2) is 13.6 Å². The number of aromatic nitrogens is 2. The number of alkyl halides is 2. The molecule has 1 N–H and O–H groups in total. The van der Waals surface area contributed by atoms with Crippen molar-refractivity contribution < 1.29 is 31.5 Å². The Bertz CT molecular complexity index is 1020. The van der Waals surface area contributed by atoms with Crippen LogP contribution >= 0.6 is 8.60 Å². The highest BCUT2D eigenvalue weighted by molar-refractivity contribution is 7.42. The molecule has 0 amide bonds. The first kappa shape index (κ1) is 20.1. The number of hydrogen-bond acceptors (Lipinski definition) is 6. The maximum absolute atomic E-state index is 13.8. The summed E-state index contributed by atoms with van der Waals surface area (Å²) < 4.78 is 63.8. The number of para-hydroxylation sites is 1. The van der Waals surface area contributed by atoms with Gasteiger partial charge in [-0.15, -0.1) is 0 Å². The normalized spacial score (nSPS) is 26.3. The van der Waals surface area contributed by atoms with Gasteiger partial charge in [-0.05, 0) is 18.9 Å². The van der Waals surface area contributed by atoms with Crippen LogP contribution in [0, 0.1) is 5.82 Å². The third-order valence-corrected chi connectivity index (χ3v) is 5.73. The lowest BCUT2D eigenvalue weighted by molar-refractivity contribution is -0.167. The molecule has 3 atom stereocenters. The zero-order valence-electron chi connectivity index (χ0n) is 14.8. The highest BCUT2D eigenvalue weighted by Crippen LogP contribution is 2.49. The lowest BCUT2D eigenvalue weighted by atomic mass is 10.0. The van der Waals surface area contributed by atoms with E-state index in [9.17, 15) is 22.8 Å². The van der Waals surface area contributed by atoms with Gasteiger partial charge in [-0.3, -0.25) is 23.4 Å². The van der Waals surface area contributed by atoms with E-state index >= 15 is 0 Å². The summed E-state index contributed by atoms with van der Waals surface area (Å²) >= 11 is 0. The number of H-pyrrole nitrogens is 1. The fourth-order valence-electron chi connectivity index (χ4n) is 3.12. The molecule has 0 saturated carbocycles. The number of aromatic amines is 1. The molecule has 0 bridgehead atoms. The van der Waals surface area contributed by atoms with Gasteiger partial charge in [-0.2, -0.15) is 4.39 Å². The molecule has 29 heavy (non-hydrogen) atoms. The van der Waals surface area contributed by atoms with Gasteiger partial charge >= 0.3 is 14.3 Å². The molecule has 156 valence electrons. The summed E-state index contributed by atoms with van der Waals surface area (Å²) in [4.78, 5) is 24.8. The van der Waals surface area contributed by atoms with Crippen LogP contribution in [-0.4, -0.2) is 28.2 Å². The van der Waals surface area contributed by atoms with Crippen molar-refractivity contribution in [3.63, 3.8) is 0 Å². The predicted molar refractivity (Wildman–Crippen MR) is 94.1 cm³/mol. The smallest absolute Gasteiger partial charge is 0.397 e. The maximum atomic E-state index is 13.8. The van der Waals surface area contributed by atoms with Crippen molar-refractivity contribution in [2.75, 3.05) is 6.61 Å². The van der Waals surface area contributed by atoms with E-state index in [0.29, 0.717) is 11.9 Å². The fourth-order valence-corrected chi connectivity index (χ4v) is 4.21. The summed E-state index contributed by atoms with van der Waals surface area (Å²) in [6.45, 7) is -0.325. The molecule has 0 radical (unpaired) electrons. The molecule has 2 aliphatic heterocycles. The molecule has 0 spiro atoms. The van der Waals surface area contributed by atoms with Crippen molar-refractivity contribution >= 4 is 8.60 Å². The van der Waals surface area contributed by atoms with Crippen molar-refractivity contribution in [1.82, 2.24) is 9.55 Å². The second-order valence-corrected chi connectivity index (χ2v) is 7.74. The average Bonchev–Trinajstić information content (AvgIpc) is 3.15. The minimum absolute atomic E-state index is 0.00155. The molecule has 8 nitrogen and oxygen atoms in total. The Labute approximate surface area is 163 Å². The van der Waals surface area contributed by atoms with E-state index in [1.807, 2.05) is 12.1 Å². The zero-order valence-corrected chi connectivity index (χ0v) is 15.7. The molecule has 3 unspecified atom stereocenters. The van der Waals surface area contributed by atoms with Crippen molar-refractivity contribution in [3.8, 4) is 5.75 Å². The lowest BCUT2D eigenvalue weighted by Gasteiger charge is -2.31. The van der Waals surface area contributed by atoms with E-state index in [2.05, 4.69) is 0 Å². The first-order valence-electron chi connectivity index (χ1n) is 8.67. The minimum Gasteiger partial charge on any atom is -0.426 e. The van der Waals surface area contributed by atoms with Crippen molar-refractivity contribution in [3.05, 3.63) is 62.7 Å². The number of ether oxygens (including phenoxy) is 1. The molecule has 12 heteroatoms. The quantitative estimate of drug-likeness (QED) is 0.731. The van der Waals surface area contributed by atoms with Crippen molar-refractivity contribution in [1.29, 1.82) is 0 Å². The van der Waals surface area contributed by atoms with Gasteiger partial charge in [0.25, 0.3) is 12.0 Å². The van der Waals surface area contributed by atoms with Gasteiger partial charge in [0.1, 0.15) is 12.0 Å². The van der Waals surface area contributed by atoms with E-state index in [4.69, 9.17) is 18.3 Å². The van der Waals surface area contributed by atoms with E-state index in [1.54, 1.807) is 17.1 Å². The summed E-state index contributed by atoms with van der Waals surface area (Å²) in [5.74, 6) is -0.665. The molecule has 0 aliphatic carbocycles. The van der Waals surface area contributed by atoms with Gasteiger partial charge in [0.2, 0.25) is 5.82 Å². The summed E-state index contributed by atoms with van der Waals surface area (Å²) in [5, 5.41) is 0. The number of nitrogens with zero attached hydrogens (tertiary/aromatic N) is 1. The van der Waals surface area contributed by atoms with Crippen LogP contribution in [-0.2, 0) is 20.4 Å². The van der Waals surface area contributed by atoms with Crippen molar-refractivity contribution in [2.45, 2.75) is 37.7 Å². The van der Waals surface area contributed by atoms with Crippen LogP contribution in [0.1, 0.15) is 24.6 Å². The molecule has 4 rings (SSSR count). The Morgan fingerprint density at radius 1 is 1.34 bits per heavy atom. The van der Waals surface area contributed by atoms with Crippen LogP contribution in [0.2, 0.25) is 0 Å². The van der Waals surface area contributed by atoms with Crippen LogP contribution in [0.15, 0.2) is 40.1 Å². The number of fused-ring (bicyclic) bond motifs is 1. The first-order valence-corrected chi connectivity index (χ1v) is 9.76. The number of nitrogens with one attached hydrogen (secondary N) is 1. The van der Waals surface area contributed by atoms with Gasteiger partial charge in [0.05, 0.1) is 19.4 Å². The van der Waals surface area contributed by atoms with E-state index < -0.39 is 50.5 Å². The van der Waals surface area contributed by atoms with Crippen LogP contribution in [0.5, 0.6) is 5.75 Å². The average molecular weight is 432 g/mol. The monoisotopic (exact) mass is 432 g/mol. The van der Waals surface area contributed by atoms with Crippen LogP contribution in [0.4, 0.5) is 13.2 Å². The topological polar surface area (TPSA) is 91.8 Å². The van der Waals surface area contributed by atoms with Crippen LogP contribution < -0.4 is 15.8 Å². The SMILES string of the molecule is O=c1[nH]c(=O)n(C2CCC(COP3OCc4ccccc4O3)(C(F)F)O2)cc1F. The number of benzene rings is 1. The van der Waals surface area contributed by atoms with Gasteiger partial charge in [0, 0.05) is 5.56 Å². The lowest BCUT2D eigenvalue weighted by Crippen LogP contribution is -2.43. The highest BCUT2D eigenvalue weighted by Gasteiger charge is 2.50. The second-order valence-electron chi connectivity index (χ2n) is 6.59. The molecule has 1 aromatic carbocycles. The maximum Gasteiger partial charge on any atom is 0.397 e. The van der Waals surface area contributed by atoms with Crippen molar-refractivity contribution in [2.24, 2.45) is 0 Å². The fraction of sp³-hybridized carbons (Fsp3) is 0.412. The Balaban J connectivity index is 1.46. The summed E-state index contributed by atoms with van der Waals surface area (Å²) in [7, 11) is -1.90. The molecule has 3 heterocycles. The Morgan fingerprint density at radius 2 is 2.14 bits per heavy atom. The molecule has 2 aromatic rings. The largest absolute Gasteiger partial charge is 0.426 e. The van der Waals surface area contributed by atoms with Gasteiger partial charge < -0.3 is 9.26 Å². The third kappa shape index (κ3) is 3.95. The standard InChI is InChI=1S/C17H16F3N2O6P/c18-11-7-22(16(24)21-14(11)23)13-5-6-17(27-13,15(19)20)9-26-29-25-8-10-3-1-2-4-12(10)28-29/h1-4,7,13,15H,5-6,8-9H2,(H,21,23,24). The molecule has 1 fully saturated rings. The molecular formula is C17H16F3N2O6P. The highest BCUT2D eigenvalue weighted by atomic mass is 31.2. The summed E-state index contributed by atoms with van der Waals surface area (Å²) in [5.41, 5.74) is -3.35. The van der Waals surface area contributed by atoms with Gasteiger partial charge in [0.15, 0.2) is 5.60 Å². The van der Waals surface area contributed by atoms with Gasteiger partial charge in [-0.1, -0.05) is 18.2 Å². The minimum atomic E-state index is -2.94. The molecule has 2 aliphatic rings. The Hall–Kier alpha value is -2.20. The molecule has 1 aromatic heterocycles. The third-order valence-electron chi connectivity index (χ3n) is 4.70. The van der Waals surface area contributed by atoms with E-state index in [1.165, 1.54) is 0 Å². The number of rotatable bonds is 5. The first-order chi connectivity index (χ1) is 13.9. The molecular weight excluding hydrogens is 416 g/mol. The summed E-state index contributed by atoms with van der Waals surface area (Å²) in [6, 6.07) is 7.12. The van der Waals surface area contributed by atoms with Crippen LogP contribution in [0.25, 0.3) is 0 Å². The Morgan fingerprint density at radius 3 is 2.93 bits per heavy atom. The number of halogens is 3. The number of hydrogen-bond donors (Lipinski definition) is 1. The van der Waals surface area contributed by atoms with E-state index in [-0.39, 0.29) is 19.4 Å². The summed E-state index contributed by atoms with van der Waals surface area (Å²) in [6.07, 6.45) is -3.62. The second kappa shape index (κ2) is 7.91. The van der Waals surface area contributed by atoms with Crippen LogP contribution in [0.3, 0.4) is 0 Å². The molecule has 1 saturated heterocycles. The predicted octanol–water partition coefficient (Wildman–Crippen LogP) is 2.84. The van der Waals surface area contributed by atoms with E-state index in [0.717, 1.165) is 10.1 Å².